The molecule has 0 saturated carbocycles. The zero-order valence-corrected chi connectivity index (χ0v) is 13.9. The molecule has 1 aromatic carbocycles. The van der Waals surface area contributed by atoms with Crippen LogP contribution >= 0.6 is 11.6 Å². The number of nitrogens with zero attached hydrogens (tertiary/aromatic N) is 3. The summed E-state index contributed by atoms with van der Waals surface area (Å²) >= 11 is 6.18. The standard InChI is InChI=1S/C16H19ClN4O2/c1-11-12(17)4-3-5-14(11)20-6-8-21(9-7-20)16(23)13-10-15(22)19(2)18-13/h3-5,10,18H,6-9H2,1-2H3. The number of nitrogens with one attached hydrogen (secondary N) is 1. The third-order valence-corrected chi connectivity index (χ3v) is 4.67. The van der Waals surface area contributed by atoms with Crippen molar-refractivity contribution in [3.8, 4) is 0 Å². The second-order valence-electron chi connectivity index (χ2n) is 5.73. The first-order valence-electron chi connectivity index (χ1n) is 7.53. The van der Waals surface area contributed by atoms with Crippen molar-refractivity contribution in [2.75, 3.05) is 31.1 Å². The lowest BCUT2D eigenvalue weighted by Gasteiger charge is -2.36. The summed E-state index contributed by atoms with van der Waals surface area (Å²) in [6, 6.07) is 7.21. The van der Waals surface area contributed by atoms with Gasteiger partial charge in [-0.15, -0.1) is 0 Å². The van der Waals surface area contributed by atoms with E-state index in [1.54, 1.807) is 11.9 Å². The van der Waals surface area contributed by atoms with Crippen molar-refractivity contribution >= 4 is 23.2 Å². The molecule has 1 saturated heterocycles. The Morgan fingerprint density at radius 2 is 1.91 bits per heavy atom. The molecule has 0 aliphatic carbocycles. The van der Waals surface area contributed by atoms with Crippen LogP contribution in [-0.4, -0.2) is 46.8 Å². The van der Waals surface area contributed by atoms with Gasteiger partial charge >= 0.3 is 0 Å². The number of anilines is 1. The van der Waals surface area contributed by atoms with Crippen LogP contribution in [0.5, 0.6) is 0 Å². The van der Waals surface area contributed by atoms with E-state index in [1.165, 1.54) is 10.7 Å². The Balaban J connectivity index is 1.70. The van der Waals surface area contributed by atoms with Gasteiger partial charge in [-0.1, -0.05) is 17.7 Å². The molecular weight excluding hydrogens is 316 g/mol. The summed E-state index contributed by atoms with van der Waals surface area (Å²) in [6.45, 7) is 4.71. The van der Waals surface area contributed by atoms with E-state index in [9.17, 15) is 9.59 Å². The fourth-order valence-corrected chi connectivity index (χ4v) is 3.03. The van der Waals surface area contributed by atoms with Gasteiger partial charge in [0.15, 0.2) is 0 Å². The Labute approximate surface area is 139 Å². The lowest BCUT2D eigenvalue weighted by molar-refractivity contribution is 0.0740. The van der Waals surface area contributed by atoms with Crippen LogP contribution in [0, 0.1) is 6.92 Å². The number of aromatic nitrogens is 2. The maximum absolute atomic E-state index is 12.4. The molecule has 1 aromatic heterocycles. The minimum absolute atomic E-state index is 0.134. The molecule has 23 heavy (non-hydrogen) atoms. The normalized spacial score (nSPS) is 15.1. The summed E-state index contributed by atoms with van der Waals surface area (Å²) < 4.78 is 1.30. The fraction of sp³-hybridized carbons (Fsp3) is 0.375. The molecule has 1 N–H and O–H groups in total. The molecule has 7 heteroatoms. The molecule has 1 amide bonds. The lowest BCUT2D eigenvalue weighted by atomic mass is 10.1. The van der Waals surface area contributed by atoms with Crippen LogP contribution in [0.25, 0.3) is 0 Å². The van der Waals surface area contributed by atoms with Crippen LogP contribution in [0.15, 0.2) is 29.1 Å². The summed E-state index contributed by atoms with van der Waals surface area (Å²) in [5, 5.41) is 3.54. The molecule has 2 aromatic rings. The Morgan fingerprint density at radius 1 is 1.22 bits per heavy atom. The molecule has 3 rings (SSSR count). The predicted octanol–water partition coefficient (Wildman–Crippen LogP) is 1.64. The average Bonchev–Trinajstić information content (AvgIpc) is 2.89. The quantitative estimate of drug-likeness (QED) is 0.908. The zero-order valence-electron chi connectivity index (χ0n) is 13.2. The molecular formula is C16H19ClN4O2. The van der Waals surface area contributed by atoms with Crippen molar-refractivity contribution in [3.63, 3.8) is 0 Å². The Bertz CT molecular complexity index is 788. The van der Waals surface area contributed by atoms with Crippen LogP contribution in [0.3, 0.4) is 0 Å². The van der Waals surface area contributed by atoms with Gasteiger partial charge in [-0.05, 0) is 24.6 Å². The first-order chi connectivity index (χ1) is 11.0. The van der Waals surface area contributed by atoms with Crippen molar-refractivity contribution in [2.45, 2.75) is 6.92 Å². The molecule has 0 atom stereocenters. The van der Waals surface area contributed by atoms with Crippen molar-refractivity contribution in [2.24, 2.45) is 7.05 Å². The molecule has 0 bridgehead atoms. The van der Waals surface area contributed by atoms with Crippen LogP contribution in [-0.2, 0) is 7.05 Å². The highest BCUT2D eigenvalue weighted by Crippen LogP contribution is 2.27. The Kier molecular flexibility index (Phi) is 4.17. The minimum Gasteiger partial charge on any atom is -0.368 e. The molecule has 0 radical (unpaired) electrons. The number of hydrogen-bond donors (Lipinski definition) is 1. The number of piperazine rings is 1. The monoisotopic (exact) mass is 334 g/mol. The van der Waals surface area contributed by atoms with Gasteiger partial charge in [0.05, 0.1) is 0 Å². The minimum atomic E-state index is -0.207. The van der Waals surface area contributed by atoms with Crippen LogP contribution in [0.4, 0.5) is 5.69 Å². The van der Waals surface area contributed by atoms with Gasteiger partial charge in [0.1, 0.15) is 5.69 Å². The molecule has 1 aliphatic heterocycles. The number of H-pyrrole nitrogens is 1. The van der Waals surface area contributed by atoms with Crippen LogP contribution < -0.4 is 10.5 Å². The molecule has 122 valence electrons. The number of carbonyl (C=O) groups excluding carboxylic acids is 1. The van der Waals surface area contributed by atoms with E-state index in [1.807, 2.05) is 25.1 Å². The number of hydrogen-bond acceptors (Lipinski definition) is 3. The van der Waals surface area contributed by atoms with Crippen molar-refractivity contribution < 1.29 is 4.79 Å². The summed E-state index contributed by atoms with van der Waals surface area (Å²) in [5.74, 6) is -0.134. The average molecular weight is 335 g/mol. The van der Waals surface area contributed by atoms with Crippen LogP contribution in [0.1, 0.15) is 16.1 Å². The molecule has 0 unspecified atom stereocenters. The number of aryl methyl sites for hydroxylation is 1. The van der Waals surface area contributed by atoms with Gasteiger partial charge in [0.2, 0.25) is 0 Å². The van der Waals surface area contributed by atoms with Crippen molar-refractivity contribution in [1.29, 1.82) is 0 Å². The number of rotatable bonds is 2. The summed E-state index contributed by atoms with van der Waals surface area (Å²) in [7, 11) is 1.60. The topological polar surface area (TPSA) is 61.3 Å². The first kappa shape index (κ1) is 15.7. The van der Waals surface area contributed by atoms with Crippen molar-refractivity contribution in [1.82, 2.24) is 14.7 Å². The first-order valence-corrected chi connectivity index (χ1v) is 7.90. The third kappa shape index (κ3) is 2.99. The van der Waals surface area contributed by atoms with Gasteiger partial charge in [-0.2, -0.15) is 0 Å². The lowest BCUT2D eigenvalue weighted by Crippen LogP contribution is -2.49. The largest absolute Gasteiger partial charge is 0.368 e. The van der Waals surface area contributed by atoms with Gasteiger partial charge < -0.3 is 9.80 Å². The molecule has 6 nitrogen and oxygen atoms in total. The maximum Gasteiger partial charge on any atom is 0.272 e. The number of benzene rings is 1. The summed E-state index contributed by atoms with van der Waals surface area (Å²) in [4.78, 5) is 27.9. The highest BCUT2D eigenvalue weighted by atomic mass is 35.5. The Morgan fingerprint density at radius 3 is 2.52 bits per heavy atom. The molecule has 0 spiro atoms. The van der Waals surface area contributed by atoms with Gasteiger partial charge in [0.25, 0.3) is 11.5 Å². The smallest absolute Gasteiger partial charge is 0.272 e. The van der Waals surface area contributed by atoms with Crippen LogP contribution in [0.2, 0.25) is 5.02 Å². The second kappa shape index (κ2) is 6.12. The highest BCUT2D eigenvalue weighted by Gasteiger charge is 2.24. The number of amides is 1. The number of halogens is 1. The number of aromatic amines is 1. The van der Waals surface area contributed by atoms with E-state index in [0.29, 0.717) is 18.8 Å². The van der Waals surface area contributed by atoms with Gasteiger partial charge in [-0.25, -0.2) is 0 Å². The molecule has 1 fully saturated rings. The molecule has 2 heterocycles. The van der Waals surface area contributed by atoms with Gasteiger partial charge in [-0.3, -0.25) is 19.4 Å². The second-order valence-corrected chi connectivity index (χ2v) is 6.14. The van der Waals surface area contributed by atoms with E-state index in [4.69, 9.17) is 11.6 Å². The third-order valence-electron chi connectivity index (χ3n) is 4.26. The van der Waals surface area contributed by atoms with E-state index in [0.717, 1.165) is 29.4 Å². The SMILES string of the molecule is Cc1c(Cl)cccc1N1CCN(C(=O)c2cc(=O)n(C)[nH]2)CC1. The predicted molar refractivity (Wildman–Crippen MR) is 90.3 cm³/mol. The maximum atomic E-state index is 12.4. The fourth-order valence-electron chi connectivity index (χ4n) is 2.86. The number of carbonyl (C=O) groups is 1. The van der Waals surface area contributed by atoms with E-state index in [2.05, 4.69) is 10.00 Å². The van der Waals surface area contributed by atoms with Crippen molar-refractivity contribution in [3.05, 3.63) is 50.9 Å². The summed E-state index contributed by atoms with van der Waals surface area (Å²) in [5.41, 5.74) is 2.30. The molecule has 1 aliphatic rings. The highest BCUT2D eigenvalue weighted by molar-refractivity contribution is 6.31. The summed E-state index contributed by atoms with van der Waals surface area (Å²) in [6.07, 6.45) is 0. The van der Waals surface area contributed by atoms with E-state index >= 15 is 0 Å². The Hall–Kier alpha value is -2.21. The van der Waals surface area contributed by atoms with E-state index in [-0.39, 0.29) is 11.5 Å². The van der Waals surface area contributed by atoms with E-state index < -0.39 is 0 Å². The zero-order chi connectivity index (χ0) is 16.6. The van der Waals surface area contributed by atoms with Gasteiger partial charge in [0, 0.05) is 50.0 Å².